The standard InChI is InChI=1S/C16H17N3S/c1-16(2,3)14-10-20-15(19-14)18-13-8-4-7-12-11(13)6-5-9-17-12/h4-10H,1-3H3,(H,18,19). The van der Waals surface area contributed by atoms with Gasteiger partial charge >= 0.3 is 0 Å². The van der Waals surface area contributed by atoms with Crippen molar-refractivity contribution in [1.82, 2.24) is 9.97 Å². The molecule has 4 heteroatoms. The second kappa shape index (κ2) is 4.87. The fourth-order valence-electron chi connectivity index (χ4n) is 2.00. The maximum atomic E-state index is 4.67. The van der Waals surface area contributed by atoms with Gasteiger partial charge in [-0.3, -0.25) is 4.98 Å². The van der Waals surface area contributed by atoms with Crippen molar-refractivity contribution in [3.63, 3.8) is 0 Å². The summed E-state index contributed by atoms with van der Waals surface area (Å²) in [5, 5.41) is 7.56. The first-order valence-corrected chi connectivity index (χ1v) is 7.49. The Morgan fingerprint density at radius 3 is 2.70 bits per heavy atom. The van der Waals surface area contributed by atoms with Crippen LogP contribution in [0.1, 0.15) is 26.5 Å². The lowest BCUT2D eigenvalue weighted by Crippen LogP contribution is -2.11. The number of nitrogens with zero attached hydrogens (tertiary/aromatic N) is 2. The molecular weight excluding hydrogens is 266 g/mol. The van der Waals surface area contributed by atoms with E-state index in [1.165, 1.54) is 0 Å². The molecule has 0 aliphatic rings. The Morgan fingerprint density at radius 1 is 1.10 bits per heavy atom. The highest BCUT2D eigenvalue weighted by Crippen LogP contribution is 2.30. The Morgan fingerprint density at radius 2 is 1.95 bits per heavy atom. The van der Waals surface area contributed by atoms with Crippen molar-refractivity contribution in [2.75, 3.05) is 5.32 Å². The predicted octanol–water partition coefficient (Wildman–Crippen LogP) is 4.73. The average molecular weight is 283 g/mol. The average Bonchev–Trinajstić information content (AvgIpc) is 2.88. The van der Waals surface area contributed by atoms with E-state index in [9.17, 15) is 0 Å². The highest BCUT2D eigenvalue weighted by molar-refractivity contribution is 7.13. The molecule has 2 aromatic heterocycles. The van der Waals surface area contributed by atoms with Gasteiger partial charge in [-0.25, -0.2) is 4.98 Å². The van der Waals surface area contributed by atoms with Gasteiger partial charge < -0.3 is 5.32 Å². The van der Waals surface area contributed by atoms with Crippen molar-refractivity contribution in [3.05, 3.63) is 47.6 Å². The van der Waals surface area contributed by atoms with Gasteiger partial charge in [-0.15, -0.1) is 11.3 Å². The van der Waals surface area contributed by atoms with Crippen LogP contribution in [-0.4, -0.2) is 9.97 Å². The Bertz CT molecular complexity index is 735. The van der Waals surface area contributed by atoms with Crippen LogP contribution in [0.5, 0.6) is 0 Å². The summed E-state index contributed by atoms with van der Waals surface area (Å²) in [4.78, 5) is 9.04. The SMILES string of the molecule is CC(C)(C)c1csc(Nc2cccc3ncccc23)n1. The minimum atomic E-state index is 0.0801. The molecule has 0 unspecified atom stereocenters. The predicted molar refractivity (Wildman–Crippen MR) is 85.8 cm³/mol. The molecule has 0 fully saturated rings. The summed E-state index contributed by atoms with van der Waals surface area (Å²) >= 11 is 1.64. The topological polar surface area (TPSA) is 37.8 Å². The largest absolute Gasteiger partial charge is 0.331 e. The summed E-state index contributed by atoms with van der Waals surface area (Å²) < 4.78 is 0. The van der Waals surface area contributed by atoms with Gasteiger partial charge in [0.2, 0.25) is 0 Å². The number of hydrogen-bond acceptors (Lipinski definition) is 4. The number of benzene rings is 1. The van der Waals surface area contributed by atoms with Crippen molar-refractivity contribution >= 4 is 33.1 Å². The Kier molecular flexibility index (Phi) is 3.18. The number of hydrogen-bond donors (Lipinski definition) is 1. The molecule has 1 aromatic carbocycles. The highest BCUT2D eigenvalue weighted by Gasteiger charge is 2.17. The van der Waals surface area contributed by atoms with Crippen LogP contribution < -0.4 is 5.32 Å². The van der Waals surface area contributed by atoms with Crippen molar-refractivity contribution in [2.24, 2.45) is 0 Å². The first kappa shape index (κ1) is 13.1. The number of pyridine rings is 1. The number of nitrogens with one attached hydrogen (secondary N) is 1. The van der Waals surface area contributed by atoms with Crippen LogP contribution in [0.3, 0.4) is 0 Å². The monoisotopic (exact) mass is 283 g/mol. The van der Waals surface area contributed by atoms with Gasteiger partial charge in [-0.1, -0.05) is 26.8 Å². The number of thiazole rings is 1. The smallest absolute Gasteiger partial charge is 0.187 e. The van der Waals surface area contributed by atoms with Crippen molar-refractivity contribution in [3.8, 4) is 0 Å². The minimum Gasteiger partial charge on any atom is -0.331 e. The molecule has 2 heterocycles. The summed E-state index contributed by atoms with van der Waals surface area (Å²) in [5.74, 6) is 0. The second-order valence-electron chi connectivity index (χ2n) is 5.79. The molecule has 0 amide bonds. The third-order valence-corrected chi connectivity index (χ3v) is 3.92. The van der Waals surface area contributed by atoms with Gasteiger partial charge in [0.25, 0.3) is 0 Å². The van der Waals surface area contributed by atoms with Crippen LogP contribution in [0.25, 0.3) is 10.9 Å². The fraction of sp³-hybridized carbons (Fsp3) is 0.250. The van der Waals surface area contributed by atoms with Crippen molar-refractivity contribution in [2.45, 2.75) is 26.2 Å². The van der Waals surface area contributed by atoms with E-state index in [1.807, 2.05) is 24.4 Å². The fourth-order valence-corrected chi connectivity index (χ4v) is 2.95. The zero-order valence-corrected chi connectivity index (χ0v) is 12.7. The summed E-state index contributed by atoms with van der Waals surface area (Å²) in [6.07, 6.45) is 1.81. The van der Waals surface area contributed by atoms with Crippen LogP contribution in [0.15, 0.2) is 41.9 Å². The van der Waals surface area contributed by atoms with Gasteiger partial charge in [-0.05, 0) is 24.3 Å². The lowest BCUT2D eigenvalue weighted by molar-refractivity contribution is 0.573. The quantitative estimate of drug-likeness (QED) is 0.738. The third kappa shape index (κ3) is 2.51. The van der Waals surface area contributed by atoms with E-state index in [0.717, 1.165) is 27.4 Å². The Balaban J connectivity index is 1.96. The first-order chi connectivity index (χ1) is 9.54. The van der Waals surface area contributed by atoms with Gasteiger partial charge in [0.15, 0.2) is 5.13 Å². The molecule has 3 nitrogen and oxygen atoms in total. The maximum Gasteiger partial charge on any atom is 0.187 e. The summed E-state index contributed by atoms with van der Waals surface area (Å²) in [7, 11) is 0. The van der Waals surface area contributed by atoms with Crippen LogP contribution in [-0.2, 0) is 5.41 Å². The van der Waals surface area contributed by atoms with Crippen LogP contribution >= 0.6 is 11.3 Å². The van der Waals surface area contributed by atoms with Gasteiger partial charge in [0.05, 0.1) is 11.2 Å². The Labute approximate surface area is 122 Å². The van der Waals surface area contributed by atoms with Gasteiger partial charge in [-0.2, -0.15) is 0 Å². The summed E-state index contributed by atoms with van der Waals surface area (Å²) in [6, 6.07) is 10.1. The van der Waals surface area contributed by atoms with Gasteiger partial charge in [0, 0.05) is 28.1 Å². The molecule has 0 aliphatic carbocycles. The summed E-state index contributed by atoms with van der Waals surface area (Å²) in [6.45, 7) is 6.52. The summed E-state index contributed by atoms with van der Waals surface area (Å²) in [5.41, 5.74) is 3.23. The zero-order chi connectivity index (χ0) is 14.2. The highest BCUT2D eigenvalue weighted by atomic mass is 32.1. The molecular formula is C16H17N3S. The van der Waals surface area contributed by atoms with E-state index in [2.05, 4.69) is 53.6 Å². The minimum absolute atomic E-state index is 0.0801. The van der Waals surface area contributed by atoms with Crippen molar-refractivity contribution < 1.29 is 0 Å². The number of fused-ring (bicyclic) bond motifs is 1. The first-order valence-electron chi connectivity index (χ1n) is 6.61. The normalized spacial score (nSPS) is 11.8. The molecule has 0 aliphatic heterocycles. The molecule has 0 saturated carbocycles. The zero-order valence-electron chi connectivity index (χ0n) is 11.8. The van der Waals surface area contributed by atoms with Crippen LogP contribution in [0.2, 0.25) is 0 Å². The molecule has 20 heavy (non-hydrogen) atoms. The second-order valence-corrected chi connectivity index (χ2v) is 6.65. The van der Waals surface area contributed by atoms with E-state index in [4.69, 9.17) is 0 Å². The van der Waals surface area contributed by atoms with E-state index < -0.39 is 0 Å². The number of anilines is 2. The van der Waals surface area contributed by atoms with E-state index in [1.54, 1.807) is 11.3 Å². The molecule has 1 N–H and O–H groups in total. The molecule has 3 rings (SSSR count). The lowest BCUT2D eigenvalue weighted by Gasteiger charge is -2.14. The molecule has 0 atom stereocenters. The van der Waals surface area contributed by atoms with E-state index in [-0.39, 0.29) is 5.41 Å². The molecule has 0 radical (unpaired) electrons. The van der Waals surface area contributed by atoms with Crippen molar-refractivity contribution in [1.29, 1.82) is 0 Å². The van der Waals surface area contributed by atoms with E-state index >= 15 is 0 Å². The molecule has 0 spiro atoms. The molecule has 3 aromatic rings. The lowest BCUT2D eigenvalue weighted by atomic mass is 9.93. The molecule has 102 valence electrons. The number of aromatic nitrogens is 2. The van der Waals surface area contributed by atoms with E-state index in [0.29, 0.717) is 0 Å². The van der Waals surface area contributed by atoms with Gasteiger partial charge in [0.1, 0.15) is 0 Å². The third-order valence-electron chi connectivity index (χ3n) is 3.16. The molecule has 0 bridgehead atoms. The Hall–Kier alpha value is -1.94. The van der Waals surface area contributed by atoms with Crippen LogP contribution in [0.4, 0.5) is 10.8 Å². The maximum absolute atomic E-state index is 4.67. The number of rotatable bonds is 2. The molecule has 0 saturated heterocycles. The van der Waals surface area contributed by atoms with Crippen LogP contribution in [0, 0.1) is 0 Å².